The molecule has 0 aliphatic heterocycles. The summed E-state index contributed by atoms with van der Waals surface area (Å²) in [5.74, 6) is 1.92. The molecule has 0 saturated heterocycles. The summed E-state index contributed by atoms with van der Waals surface area (Å²) in [4.78, 5) is 4.34. The van der Waals surface area contributed by atoms with Crippen LogP contribution in [0.2, 0.25) is 0 Å². The first-order valence-electron chi connectivity index (χ1n) is 7.52. The van der Waals surface area contributed by atoms with Crippen molar-refractivity contribution in [1.29, 1.82) is 0 Å². The molecule has 0 unspecified atom stereocenters. The van der Waals surface area contributed by atoms with E-state index in [1.165, 1.54) is 0 Å². The van der Waals surface area contributed by atoms with Crippen molar-refractivity contribution in [3.05, 3.63) is 47.0 Å². The van der Waals surface area contributed by atoms with Gasteiger partial charge in [-0.15, -0.1) is 24.0 Å². The largest absolute Gasteiger partial charge is 0.507 e. The number of ether oxygens (including phenoxy) is 2. The van der Waals surface area contributed by atoms with Crippen molar-refractivity contribution in [3.63, 3.8) is 0 Å². The first-order chi connectivity index (χ1) is 11.4. The molecule has 2 rings (SSSR count). The van der Waals surface area contributed by atoms with E-state index < -0.39 is 0 Å². The van der Waals surface area contributed by atoms with Crippen LogP contribution in [0.3, 0.4) is 0 Å². The number of guanidine groups is 1. The number of phenolic OH excluding ortho intramolecular Hbond substituents is 1. The number of nitrogens with two attached hydrogens (primary N) is 1. The highest BCUT2D eigenvalue weighted by molar-refractivity contribution is 14.0. The minimum absolute atomic E-state index is 0. The number of anilines is 1. The van der Waals surface area contributed by atoms with Gasteiger partial charge in [0.15, 0.2) is 5.96 Å². The molecule has 25 heavy (non-hydrogen) atoms. The number of phenols is 1. The first-order valence-corrected chi connectivity index (χ1v) is 7.52. The third kappa shape index (κ3) is 5.42. The third-order valence-corrected chi connectivity index (χ3v) is 3.65. The average Bonchev–Trinajstić information content (AvgIpc) is 2.57. The van der Waals surface area contributed by atoms with E-state index in [9.17, 15) is 5.11 Å². The molecular weight excluding hydrogens is 433 g/mol. The number of halogens is 1. The van der Waals surface area contributed by atoms with Gasteiger partial charge in [-0.3, -0.25) is 0 Å². The fraction of sp³-hybridized carbons (Fsp3) is 0.278. The van der Waals surface area contributed by atoms with Gasteiger partial charge in [0, 0.05) is 6.07 Å². The summed E-state index contributed by atoms with van der Waals surface area (Å²) in [6.07, 6.45) is 0. The van der Waals surface area contributed by atoms with Gasteiger partial charge in [0.25, 0.3) is 0 Å². The zero-order valence-electron chi connectivity index (χ0n) is 14.8. The van der Waals surface area contributed by atoms with Gasteiger partial charge in [0.1, 0.15) is 17.2 Å². The van der Waals surface area contributed by atoms with E-state index in [4.69, 9.17) is 15.2 Å². The van der Waals surface area contributed by atoms with Crippen molar-refractivity contribution in [2.75, 3.05) is 19.5 Å². The van der Waals surface area contributed by atoms with Crippen molar-refractivity contribution >= 4 is 35.6 Å². The number of aliphatic imine (C=N–C) groups is 1. The van der Waals surface area contributed by atoms with Crippen molar-refractivity contribution in [2.24, 2.45) is 10.7 Å². The SMILES string of the molecule is COc1ccc(OC)c(NC(N)=NCc2cc(C)c(O)c(C)c2)c1.I. The molecule has 0 amide bonds. The lowest BCUT2D eigenvalue weighted by atomic mass is 10.1. The molecule has 7 heteroatoms. The van der Waals surface area contributed by atoms with E-state index in [-0.39, 0.29) is 29.9 Å². The maximum absolute atomic E-state index is 9.81. The standard InChI is InChI=1S/C18H23N3O3.HI/c1-11-7-13(8-12(2)17(11)22)10-20-18(19)21-15-9-14(23-3)5-6-16(15)24-4;/h5-9,22H,10H2,1-4H3,(H3,19,20,21);1H. The zero-order chi connectivity index (χ0) is 17.7. The summed E-state index contributed by atoms with van der Waals surface area (Å²) in [5, 5.41) is 12.8. The molecule has 0 aromatic heterocycles. The Balaban J connectivity index is 0.00000312. The Kier molecular flexibility index (Phi) is 7.82. The number of hydrogen-bond donors (Lipinski definition) is 3. The zero-order valence-corrected chi connectivity index (χ0v) is 17.1. The highest BCUT2D eigenvalue weighted by Crippen LogP contribution is 2.28. The summed E-state index contributed by atoms with van der Waals surface area (Å²) in [6.45, 7) is 4.13. The average molecular weight is 457 g/mol. The summed E-state index contributed by atoms with van der Waals surface area (Å²) < 4.78 is 10.5. The molecule has 0 aliphatic carbocycles. The van der Waals surface area contributed by atoms with Crippen LogP contribution < -0.4 is 20.5 Å². The van der Waals surface area contributed by atoms with Crippen LogP contribution in [0.25, 0.3) is 0 Å². The van der Waals surface area contributed by atoms with E-state index in [1.807, 2.05) is 26.0 Å². The van der Waals surface area contributed by atoms with Crippen LogP contribution in [0.1, 0.15) is 16.7 Å². The van der Waals surface area contributed by atoms with Gasteiger partial charge in [0.2, 0.25) is 0 Å². The van der Waals surface area contributed by atoms with Crippen molar-refractivity contribution in [3.8, 4) is 17.2 Å². The number of nitrogens with zero attached hydrogens (tertiary/aromatic N) is 1. The summed E-state index contributed by atoms with van der Waals surface area (Å²) in [7, 11) is 3.18. The lowest BCUT2D eigenvalue weighted by Gasteiger charge is -2.12. The van der Waals surface area contributed by atoms with Gasteiger partial charge in [-0.1, -0.05) is 12.1 Å². The molecule has 0 heterocycles. The van der Waals surface area contributed by atoms with Crippen LogP contribution >= 0.6 is 24.0 Å². The number of aryl methyl sites for hydroxylation is 2. The topological polar surface area (TPSA) is 89.1 Å². The normalized spacial score (nSPS) is 10.8. The predicted molar refractivity (Wildman–Crippen MR) is 111 cm³/mol. The number of benzene rings is 2. The highest BCUT2D eigenvalue weighted by Gasteiger charge is 2.07. The van der Waals surface area contributed by atoms with Crippen molar-refractivity contribution in [2.45, 2.75) is 20.4 Å². The molecule has 0 spiro atoms. The molecule has 136 valence electrons. The third-order valence-electron chi connectivity index (χ3n) is 3.65. The minimum atomic E-state index is 0. The lowest BCUT2D eigenvalue weighted by molar-refractivity contribution is 0.405. The van der Waals surface area contributed by atoms with Gasteiger partial charge in [0.05, 0.1) is 26.5 Å². The Morgan fingerprint density at radius 1 is 1.12 bits per heavy atom. The second kappa shape index (κ2) is 9.36. The molecule has 0 saturated carbocycles. The van der Waals surface area contributed by atoms with Gasteiger partial charge in [-0.05, 0) is 42.7 Å². The molecule has 2 aromatic carbocycles. The van der Waals surface area contributed by atoms with Crippen molar-refractivity contribution in [1.82, 2.24) is 0 Å². The van der Waals surface area contributed by atoms with Crippen LogP contribution in [0.5, 0.6) is 17.2 Å². The molecule has 2 aromatic rings. The molecule has 0 bridgehead atoms. The summed E-state index contributed by atoms with van der Waals surface area (Å²) >= 11 is 0. The fourth-order valence-corrected chi connectivity index (χ4v) is 2.40. The minimum Gasteiger partial charge on any atom is -0.507 e. The quantitative estimate of drug-likeness (QED) is 0.363. The van der Waals surface area contributed by atoms with E-state index in [1.54, 1.807) is 32.4 Å². The first kappa shape index (κ1) is 20.9. The van der Waals surface area contributed by atoms with Crippen LogP contribution in [-0.4, -0.2) is 25.3 Å². The number of methoxy groups -OCH3 is 2. The number of rotatable bonds is 5. The monoisotopic (exact) mass is 457 g/mol. The highest BCUT2D eigenvalue weighted by atomic mass is 127. The van der Waals surface area contributed by atoms with Gasteiger partial charge in [-0.25, -0.2) is 4.99 Å². The molecule has 0 aliphatic rings. The summed E-state index contributed by atoms with van der Waals surface area (Å²) in [5.41, 5.74) is 9.26. The van der Waals surface area contributed by atoms with E-state index >= 15 is 0 Å². The Labute approximate surface area is 165 Å². The Hall–Kier alpha value is -2.16. The Bertz CT molecular complexity index is 740. The molecule has 6 nitrogen and oxygen atoms in total. The number of aromatic hydroxyl groups is 1. The predicted octanol–water partition coefficient (Wildman–Crippen LogP) is 3.57. The van der Waals surface area contributed by atoms with Crippen molar-refractivity contribution < 1.29 is 14.6 Å². The molecule has 4 N–H and O–H groups in total. The number of nitrogens with one attached hydrogen (secondary N) is 1. The Morgan fingerprint density at radius 3 is 2.32 bits per heavy atom. The lowest BCUT2D eigenvalue weighted by Crippen LogP contribution is -2.23. The van der Waals surface area contributed by atoms with E-state index in [2.05, 4.69) is 10.3 Å². The van der Waals surface area contributed by atoms with E-state index in [0.717, 1.165) is 16.7 Å². The fourth-order valence-electron chi connectivity index (χ4n) is 2.40. The maximum atomic E-state index is 9.81. The maximum Gasteiger partial charge on any atom is 0.193 e. The smallest absolute Gasteiger partial charge is 0.193 e. The molecule has 0 radical (unpaired) electrons. The second-order valence-corrected chi connectivity index (χ2v) is 5.47. The molecule has 0 atom stereocenters. The van der Waals surface area contributed by atoms with Crippen LogP contribution in [-0.2, 0) is 6.54 Å². The van der Waals surface area contributed by atoms with Crippen LogP contribution in [0.4, 0.5) is 5.69 Å². The molecule has 0 fully saturated rings. The van der Waals surface area contributed by atoms with Gasteiger partial charge >= 0.3 is 0 Å². The molecular formula is C18H24IN3O3. The Morgan fingerprint density at radius 2 is 1.76 bits per heavy atom. The number of hydrogen-bond acceptors (Lipinski definition) is 4. The van der Waals surface area contributed by atoms with E-state index in [0.29, 0.717) is 29.5 Å². The van der Waals surface area contributed by atoms with Crippen LogP contribution in [0.15, 0.2) is 35.3 Å². The van der Waals surface area contributed by atoms with Gasteiger partial charge in [-0.2, -0.15) is 0 Å². The summed E-state index contributed by atoms with van der Waals surface area (Å²) in [6, 6.07) is 9.17. The second-order valence-electron chi connectivity index (χ2n) is 5.47. The van der Waals surface area contributed by atoms with Crippen LogP contribution in [0, 0.1) is 13.8 Å². The van der Waals surface area contributed by atoms with Gasteiger partial charge < -0.3 is 25.6 Å².